The molecule has 6 heteroatoms. The van der Waals surface area contributed by atoms with Gasteiger partial charge in [-0.3, -0.25) is 0 Å². The third kappa shape index (κ3) is 2.88. The zero-order valence-corrected chi connectivity index (χ0v) is 13.0. The second kappa shape index (κ2) is 6.18. The highest BCUT2D eigenvalue weighted by atomic mass is 35.5. The van der Waals surface area contributed by atoms with Crippen molar-refractivity contribution in [3.8, 4) is 0 Å². The predicted octanol–water partition coefficient (Wildman–Crippen LogP) is 3.08. The van der Waals surface area contributed by atoms with Crippen molar-refractivity contribution in [2.75, 3.05) is 12.8 Å². The molecular formula is C15H18ClN3O2. The molecule has 0 bridgehead atoms. The Labute approximate surface area is 128 Å². The Morgan fingerprint density at radius 1 is 1.43 bits per heavy atom. The first-order chi connectivity index (χ1) is 9.99. The van der Waals surface area contributed by atoms with Crippen molar-refractivity contribution >= 4 is 23.4 Å². The predicted molar refractivity (Wildman–Crippen MR) is 82.6 cm³/mol. The summed E-state index contributed by atoms with van der Waals surface area (Å²) < 4.78 is 6.58. The molecule has 21 heavy (non-hydrogen) atoms. The number of methoxy groups -OCH3 is 1. The number of imidazole rings is 1. The number of rotatable bonds is 4. The second-order valence-corrected chi connectivity index (χ2v) is 5.14. The largest absolute Gasteiger partial charge is 0.464 e. The molecule has 2 N–H and O–H groups in total. The van der Waals surface area contributed by atoms with E-state index in [9.17, 15) is 4.79 Å². The minimum atomic E-state index is -0.524. The fourth-order valence-electron chi connectivity index (χ4n) is 2.31. The summed E-state index contributed by atoms with van der Waals surface area (Å²) in [5.41, 5.74) is 7.30. The highest BCUT2D eigenvalue weighted by molar-refractivity contribution is 6.30. The normalized spacial score (nSPS) is 12.2. The van der Waals surface area contributed by atoms with E-state index in [4.69, 9.17) is 22.1 Å². The van der Waals surface area contributed by atoms with Crippen LogP contribution in [0.1, 0.15) is 41.8 Å². The molecule has 0 amide bonds. The van der Waals surface area contributed by atoms with Crippen molar-refractivity contribution in [2.45, 2.75) is 26.3 Å². The van der Waals surface area contributed by atoms with Crippen LogP contribution in [0.2, 0.25) is 5.02 Å². The summed E-state index contributed by atoms with van der Waals surface area (Å²) in [5.74, 6) is 0.542. The maximum absolute atomic E-state index is 11.7. The van der Waals surface area contributed by atoms with Gasteiger partial charge in [0.1, 0.15) is 11.6 Å². The zero-order chi connectivity index (χ0) is 15.6. The molecule has 1 unspecified atom stereocenters. The topological polar surface area (TPSA) is 70.1 Å². The number of aromatic nitrogens is 2. The number of halogens is 1. The molecule has 2 aromatic rings. The van der Waals surface area contributed by atoms with E-state index in [-0.39, 0.29) is 11.7 Å². The molecule has 0 radical (unpaired) electrons. The summed E-state index contributed by atoms with van der Waals surface area (Å²) in [5, 5.41) is 0.676. The third-order valence-corrected chi connectivity index (χ3v) is 3.71. The van der Waals surface area contributed by atoms with E-state index in [0.29, 0.717) is 17.3 Å². The lowest BCUT2D eigenvalue weighted by molar-refractivity contribution is 0.0595. The molecule has 0 saturated carbocycles. The SMILES string of the molecule is CCc1nc(C(=O)OC)c(N)n1C(C)c1ccc(Cl)cc1. The molecule has 1 aromatic carbocycles. The number of hydrogen-bond donors (Lipinski definition) is 1. The molecule has 1 atom stereocenters. The first-order valence-corrected chi connectivity index (χ1v) is 7.07. The van der Waals surface area contributed by atoms with Crippen molar-refractivity contribution in [3.63, 3.8) is 0 Å². The second-order valence-electron chi connectivity index (χ2n) is 4.70. The van der Waals surface area contributed by atoms with E-state index >= 15 is 0 Å². The monoisotopic (exact) mass is 307 g/mol. The van der Waals surface area contributed by atoms with Crippen molar-refractivity contribution < 1.29 is 9.53 Å². The highest BCUT2D eigenvalue weighted by Crippen LogP contribution is 2.27. The number of carbonyl (C=O) groups excluding carboxylic acids is 1. The van der Waals surface area contributed by atoms with Gasteiger partial charge in [0.25, 0.3) is 0 Å². The Balaban J connectivity index is 2.49. The van der Waals surface area contributed by atoms with Crippen LogP contribution in [0.5, 0.6) is 0 Å². The molecule has 1 aromatic heterocycles. The van der Waals surface area contributed by atoms with Crippen LogP contribution in [-0.2, 0) is 11.2 Å². The molecular weight excluding hydrogens is 290 g/mol. The van der Waals surface area contributed by atoms with Gasteiger partial charge >= 0.3 is 5.97 Å². The number of nitrogen functional groups attached to an aromatic ring is 1. The Bertz CT molecular complexity index is 650. The van der Waals surface area contributed by atoms with Gasteiger partial charge in [0.2, 0.25) is 0 Å². The minimum absolute atomic E-state index is 0.0527. The Kier molecular flexibility index (Phi) is 4.53. The summed E-state index contributed by atoms with van der Waals surface area (Å²) in [4.78, 5) is 16.0. The molecule has 0 saturated heterocycles. The van der Waals surface area contributed by atoms with E-state index in [2.05, 4.69) is 4.98 Å². The molecule has 0 spiro atoms. The Hall–Kier alpha value is -2.01. The minimum Gasteiger partial charge on any atom is -0.464 e. The molecule has 0 aliphatic heterocycles. The Morgan fingerprint density at radius 2 is 2.05 bits per heavy atom. The zero-order valence-electron chi connectivity index (χ0n) is 12.3. The lowest BCUT2D eigenvalue weighted by atomic mass is 10.1. The number of nitrogens with zero attached hydrogens (tertiary/aromatic N) is 2. The summed E-state index contributed by atoms with van der Waals surface area (Å²) in [7, 11) is 1.31. The molecule has 112 valence electrons. The van der Waals surface area contributed by atoms with Gasteiger partial charge in [-0.2, -0.15) is 0 Å². The molecule has 0 fully saturated rings. The number of hydrogen-bond acceptors (Lipinski definition) is 4. The summed E-state index contributed by atoms with van der Waals surface area (Å²) in [6, 6.07) is 7.47. The quantitative estimate of drug-likeness (QED) is 0.881. The maximum atomic E-state index is 11.7. The van der Waals surface area contributed by atoms with Crippen molar-refractivity contribution in [1.29, 1.82) is 0 Å². The molecule has 0 aliphatic carbocycles. The van der Waals surface area contributed by atoms with Crippen molar-refractivity contribution in [1.82, 2.24) is 9.55 Å². The van der Waals surface area contributed by atoms with E-state index in [1.807, 2.05) is 42.7 Å². The fourth-order valence-corrected chi connectivity index (χ4v) is 2.44. The highest BCUT2D eigenvalue weighted by Gasteiger charge is 2.23. The van der Waals surface area contributed by atoms with Crippen LogP contribution in [0.3, 0.4) is 0 Å². The van der Waals surface area contributed by atoms with Gasteiger partial charge in [-0.25, -0.2) is 9.78 Å². The van der Waals surface area contributed by atoms with E-state index in [1.54, 1.807) is 0 Å². The third-order valence-electron chi connectivity index (χ3n) is 3.46. The Morgan fingerprint density at radius 3 is 2.57 bits per heavy atom. The van der Waals surface area contributed by atoms with Gasteiger partial charge in [-0.1, -0.05) is 30.7 Å². The van der Waals surface area contributed by atoms with Crippen LogP contribution in [0.15, 0.2) is 24.3 Å². The lowest BCUT2D eigenvalue weighted by Gasteiger charge is -2.18. The van der Waals surface area contributed by atoms with Crippen molar-refractivity contribution in [3.05, 3.63) is 46.4 Å². The molecule has 0 aliphatic rings. The number of aryl methyl sites for hydroxylation is 1. The average molecular weight is 308 g/mol. The van der Waals surface area contributed by atoms with Gasteiger partial charge in [0.15, 0.2) is 5.69 Å². The van der Waals surface area contributed by atoms with Crippen LogP contribution in [-0.4, -0.2) is 22.6 Å². The molecule has 5 nitrogen and oxygen atoms in total. The van der Waals surface area contributed by atoms with Crippen LogP contribution in [0.4, 0.5) is 5.82 Å². The van der Waals surface area contributed by atoms with Gasteiger partial charge < -0.3 is 15.0 Å². The van der Waals surface area contributed by atoms with Crippen LogP contribution in [0, 0.1) is 0 Å². The van der Waals surface area contributed by atoms with Gasteiger partial charge in [0.05, 0.1) is 13.2 Å². The van der Waals surface area contributed by atoms with Crippen LogP contribution < -0.4 is 5.73 Å². The van der Waals surface area contributed by atoms with Crippen LogP contribution in [0.25, 0.3) is 0 Å². The van der Waals surface area contributed by atoms with Crippen molar-refractivity contribution in [2.24, 2.45) is 0 Å². The maximum Gasteiger partial charge on any atom is 0.360 e. The smallest absolute Gasteiger partial charge is 0.360 e. The summed E-state index contributed by atoms with van der Waals surface area (Å²) >= 11 is 5.91. The molecule has 1 heterocycles. The summed E-state index contributed by atoms with van der Waals surface area (Å²) in [6.45, 7) is 3.97. The number of anilines is 1. The number of carbonyl (C=O) groups is 1. The fraction of sp³-hybridized carbons (Fsp3) is 0.333. The van der Waals surface area contributed by atoms with E-state index in [0.717, 1.165) is 11.4 Å². The number of benzene rings is 1. The molecule has 2 rings (SSSR count). The number of ether oxygens (including phenoxy) is 1. The first kappa shape index (κ1) is 15.4. The lowest BCUT2D eigenvalue weighted by Crippen LogP contribution is -2.14. The number of nitrogens with two attached hydrogens (primary N) is 1. The summed E-state index contributed by atoms with van der Waals surface area (Å²) in [6.07, 6.45) is 0.666. The van der Waals surface area contributed by atoms with E-state index in [1.165, 1.54) is 7.11 Å². The van der Waals surface area contributed by atoms with Gasteiger partial charge in [-0.05, 0) is 24.6 Å². The first-order valence-electron chi connectivity index (χ1n) is 6.69. The van der Waals surface area contributed by atoms with Gasteiger partial charge in [0, 0.05) is 11.4 Å². The van der Waals surface area contributed by atoms with Gasteiger partial charge in [-0.15, -0.1) is 0 Å². The van der Waals surface area contributed by atoms with E-state index < -0.39 is 5.97 Å². The standard InChI is InChI=1S/C15H18ClN3O2/c1-4-12-18-13(15(20)21-3)14(17)19(12)9(2)10-5-7-11(16)8-6-10/h5-9H,4,17H2,1-3H3. The number of esters is 1. The van der Waals surface area contributed by atoms with Crippen LogP contribution >= 0.6 is 11.6 Å². The average Bonchev–Trinajstić information content (AvgIpc) is 2.83.